The fraction of sp³-hybridized carbons (Fsp3) is 0.258. The maximum atomic E-state index is 14.2. The molecule has 1 aliphatic rings. The van der Waals surface area contributed by atoms with E-state index < -0.39 is 12.0 Å². The standard InChI is InChI=1S/C31H28Br2N2O5S/c1-6-39-30(37)25-17(4)34-31-35(27(25)26-20-10-8-7-9-19(20)11-12-23(26)38-5)29(36)24(41-31)15-18-13-21(32)28(22(33)14-18)40-16(2)3/h7-16,27H,6H2,1-5H3/b24-15-. The monoisotopic (exact) mass is 698 g/mol. The summed E-state index contributed by atoms with van der Waals surface area (Å²) in [4.78, 5) is 32.8. The van der Waals surface area contributed by atoms with Crippen molar-refractivity contribution in [3.63, 3.8) is 0 Å². The zero-order chi connectivity index (χ0) is 29.4. The maximum Gasteiger partial charge on any atom is 0.338 e. The quantitative estimate of drug-likeness (QED) is 0.213. The molecule has 0 bridgehead atoms. The number of thiazole rings is 1. The van der Waals surface area contributed by atoms with Gasteiger partial charge in [0.2, 0.25) is 0 Å². The van der Waals surface area contributed by atoms with E-state index in [-0.39, 0.29) is 18.3 Å². The molecule has 0 aliphatic carbocycles. The normalized spacial score (nSPS) is 15.2. The summed E-state index contributed by atoms with van der Waals surface area (Å²) in [6, 6.07) is 14.7. The Morgan fingerprint density at radius 3 is 2.51 bits per heavy atom. The summed E-state index contributed by atoms with van der Waals surface area (Å²) in [5.74, 6) is 0.737. The lowest BCUT2D eigenvalue weighted by Crippen LogP contribution is -2.40. The van der Waals surface area contributed by atoms with Crippen molar-refractivity contribution in [3.8, 4) is 11.5 Å². The molecule has 3 aromatic carbocycles. The molecule has 0 saturated carbocycles. The molecule has 0 spiro atoms. The topological polar surface area (TPSA) is 79.1 Å². The third-order valence-corrected chi connectivity index (χ3v) is 8.77. The number of benzene rings is 3. The van der Waals surface area contributed by atoms with E-state index in [0.29, 0.717) is 37.7 Å². The molecule has 2 heterocycles. The molecular formula is C31H28Br2N2O5S. The first-order valence-corrected chi connectivity index (χ1v) is 15.5. The van der Waals surface area contributed by atoms with Crippen LogP contribution in [-0.2, 0) is 9.53 Å². The first-order valence-electron chi connectivity index (χ1n) is 13.1. The minimum absolute atomic E-state index is 0.0000300. The second kappa shape index (κ2) is 12.0. The number of fused-ring (bicyclic) bond motifs is 2. The molecular weight excluding hydrogens is 672 g/mol. The smallest absolute Gasteiger partial charge is 0.338 e. The molecule has 5 rings (SSSR count). The largest absolute Gasteiger partial charge is 0.496 e. The van der Waals surface area contributed by atoms with Crippen molar-refractivity contribution in [2.75, 3.05) is 13.7 Å². The van der Waals surface area contributed by atoms with Crippen LogP contribution < -0.4 is 24.4 Å². The average molecular weight is 700 g/mol. The van der Waals surface area contributed by atoms with Gasteiger partial charge in [-0.2, -0.15) is 0 Å². The average Bonchev–Trinajstić information content (AvgIpc) is 3.23. The molecule has 212 valence electrons. The van der Waals surface area contributed by atoms with Crippen LogP contribution >= 0.6 is 43.2 Å². The second-order valence-corrected chi connectivity index (χ2v) is 12.4. The van der Waals surface area contributed by atoms with Gasteiger partial charge in [0.1, 0.15) is 17.5 Å². The van der Waals surface area contributed by atoms with Crippen molar-refractivity contribution < 1.29 is 19.0 Å². The van der Waals surface area contributed by atoms with Gasteiger partial charge in [0, 0.05) is 5.56 Å². The zero-order valence-corrected chi connectivity index (χ0v) is 27.1. The van der Waals surface area contributed by atoms with Crippen LogP contribution in [0.25, 0.3) is 16.8 Å². The minimum atomic E-state index is -0.797. The Hall–Kier alpha value is -3.21. The van der Waals surface area contributed by atoms with Gasteiger partial charge in [0.05, 0.1) is 44.6 Å². The molecule has 0 saturated heterocycles. The number of allylic oxidation sites excluding steroid dienone is 1. The zero-order valence-electron chi connectivity index (χ0n) is 23.2. The molecule has 0 fully saturated rings. The molecule has 41 heavy (non-hydrogen) atoms. The SMILES string of the molecule is CCOC(=O)C1=C(C)N=c2s/c(=C\c3cc(Br)c(OC(C)C)c(Br)c3)c(=O)n2C1c1c(OC)ccc2ccccc12. The van der Waals surface area contributed by atoms with Gasteiger partial charge in [-0.3, -0.25) is 9.36 Å². The van der Waals surface area contributed by atoms with Crippen LogP contribution in [-0.4, -0.2) is 30.4 Å². The number of esters is 1. The predicted octanol–water partition coefficient (Wildman–Crippen LogP) is 6.27. The van der Waals surface area contributed by atoms with Crippen molar-refractivity contribution >= 4 is 66.0 Å². The molecule has 7 nitrogen and oxygen atoms in total. The third-order valence-electron chi connectivity index (χ3n) is 6.61. The van der Waals surface area contributed by atoms with Crippen LogP contribution in [0.15, 0.2) is 78.5 Å². The van der Waals surface area contributed by atoms with Crippen LogP contribution in [0.4, 0.5) is 0 Å². The lowest BCUT2D eigenvalue weighted by molar-refractivity contribution is -0.139. The molecule has 0 N–H and O–H groups in total. The molecule has 10 heteroatoms. The van der Waals surface area contributed by atoms with E-state index in [1.807, 2.05) is 68.5 Å². The van der Waals surface area contributed by atoms with Gasteiger partial charge in [-0.15, -0.1) is 0 Å². The number of carbonyl (C=O) groups is 1. The van der Waals surface area contributed by atoms with Crippen molar-refractivity contribution in [2.24, 2.45) is 4.99 Å². The van der Waals surface area contributed by atoms with Gasteiger partial charge in [-0.1, -0.05) is 41.7 Å². The second-order valence-electron chi connectivity index (χ2n) is 9.69. The summed E-state index contributed by atoms with van der Waals surface area (Å²) in [7, 11) is 1.58. The highest BCUT2D eigenvalue weighted by Crippen LogP contribution is 2.40. The third kappa shape index (κ3) is 5.52. The van der Waals surface area contributed by atoms with Gasteiger partial charge in [-0.25, -0.2) is 9.79 Å². The Bertz CT molecular complexity index is 1870. The summed E-state index contributed by atoms with van der Waals surface area (Å²) in [6.45, 7) is 7.64. The Morgan fingerprint density at radius 1 is 1.15 bits per heavy atom. The summed E-state index contributed by atoms with van der Waals surface area (Å²) in [5, 5.41) is 1.83. The minimum Gasteiger partial charge on any atom is -0.496 e. The van der Waals surface area contributed by atoms with Gasteiger partial charge in [0.25, 0.3) is 5.56 Å². The lowest BCUT2D eigenvalue weighted by atomic mass is 9.90. The highest BCUT2D eigenvalue weighted by Gasteiger charge is 2.36. The first-order chi connectivity index (χ1) is 19.6. The predicted molar refractivity (Wildman–Crippen MR) is 169 cm³/mol. The van der Waals surface area contributed by atoms with E-state index in [4.69, 9.17) is 19.2 Å². The van der Waals surface area contributed by atoms with Crippen LogP contribution in [0.5, 0.6) is 11.5 Å². The molecule has 4 aromatic rings. The number of methoxy groups -OCH3 is 1. The van der Waals surface area contributed by atoms with Gasteiger partial charge in [0.15, 0.2) is 4.80 Å². The van der Waals surface area contributed by atoms with E-state index in [1.54, 1.807) is 25.5 Å². The molecule has 1 atom stereocenters. The Labute approximate surface area is 258 Å². The van der Waals surface area contributed by atoms with Gasteiger partial charge in [-0.05, 0) is 100 Å². The van der Waals surface area contributed by atoms with E-state index >= 15 is 0 Å². The number of ether oxygens (including phenoxy) is 3. The van der Waals surface area contributed by atoms with Gasteiger partial charge >= 0.3 is 5.97 Å². The fourth-order valence-corrected chi connectivity index (χ4v) is 7.42. The van der Waals surface area contributed by atoms with Crippen molar-refractivity contribution in [1.82, 2.24) is 4.57 Å². The van der Waals surface area contributed by atoms with Crippen LogP contribution in [0.2, 0.25) is 0 Å². The van der Waals surface area contributed by atoms with E-state index in [9.17, 15) is 9.59 Å². The number of hydrogen-bond acceptors (Lipinski definition) is 7. The Kier molecular flexibility index (Phi) is 8.54. The van der Waals surface area contributed by atoms with Crippen LogP contribution in [0.1, 0.15) is 44.9 Å². The maximum absolute atomic E-state index is 14.2. The molecule has 1 aliphatic heterocycles. The number of rotatable bonds is 7. The summed E-state index contributed by atoms with van der Waals surface area (Å²) in [5.41, 5.74) is 2.04. The number of nitrogens with zero attached hydrogens (tertiary/aromatic N) is 2. The summed E-state index contributed by atoms with van der Waals surface area (Å²) in [6.07, 6.45) is 1.82. The first kappa shape index (κ1) is 29.3. The number of aromatic nitrogens is 1. The van der Waals surface area contributed by atoms with Crippen molar-refractivity contribution in [2.45, 2.75) is 39.8 Å². The Balaban J connectivity index is 1.78. The molecule has 0 amide bonds. The van der Waals surface area contributed by atoms with Crippen molar-refractivity contribution in [1.29, 1.82) is 0 Å². The summed E-state index contributed by atoms with van der Waals surface area (Å²) >= 11 is 8.46. The van der Waals surface area contributed by atoms with Crippen LogP contribution in [0.3, 0.4) is 0 Å². The van der Waals surface area contributed by atoms with E-state index in [2.05, 4.69) is 31.9 Å². The summed E-state index contributed by atoms with van der Waals surface area (Å²) < 4.78 is 20.8. The van der Waals surface area contributed by atoms with Crippen molar-refractivity contribution in [3.05, 3.63) is 99.6 Å². The number of carbonyl (C=O) groups excluding carboxylic acids is 1. The highest BCUT2D eigenvalue weighted by molar-refractivity contribution is 9.11. The molecule has 0 radical (unpaired) electrons. The number of hydrogen-bond donors (Lipinski definition) is 0. The molecule has 1 unspecified atom stereocenters. The van der Waals surface area contributed by atoms with E-state index in [1.165, 1.54) is 11.3 Å². The Morgan fingerprint density at radius 2 is 1.85 bits per heavy atom. The lowest BCUT2D eigenvalue weighted by Gasteiger charge is -2.27. The number of halogens is 2. The fourth-order valence-electron chi connectivity index (χ4n) is 4.96. The van der Waals surface area contributed by atoms with Crippen LogP contribution in [0, 0.1) is 0 Å². The molecule has 1 aromatic heterocycles. The highest BCUT2D eigenvalue weighted by atomic mass is 79.9. The van der Waals surface area contributed by atoms with E-state index in [0.717, 1.165) is 25.3 Å². The van der Waals surface area contributed by atoms with Gasteiger partial charge < -0.3 is 14.2 Å².